The van der Waals surface area contributed by atoms with Gasteiger partial charge in [-0.2, -0.15) is 13.2 Å². The zero-order valence-corrected chi connectivity index (χ0v) is 24.5. The minimum absolute atomic E-state index is 0.0967. The van der Waals surface area contributed by atoms with E-state index in [1.165, 1.54) is 13.3 Å². The molecule has 6 rings (SSSR count). The van der Waals surface area contributed by atoms with Crippen LogP contribution >= 0.6 is 0 Å². The Balaban J connectivity index is 1.29. The van der Waals surface area contributed by atoms with E-state index >= 15 is 0 Å². The standard InChI is InChI=1S/C31H48F3NO4/c1-17-13-19(14-35(18(2)36)16-31(32,33)34)39-24-23(17)27(5)11-12-30-15-29(30)10-9-22(37)26(3,4)20(29)7-8-21(30)28(27,6)25(24)38/h17,19-25,37-38H,7-16H2,1-6H3. The maximum Gasteiger partial charge on any atom is 0.406 e. The molecule has 0 aromatic heterocycles. The third-order valence-electron chi connectivity index (χ3n) is 14.1. The van der Waals surface area contributed by atoms with Gasteiger partial charge in [-0.1, -0.05) is 34.6 Å². The average molecular weight is 556 g/mol. The smallest absolute Gasteiger partial charge is 0.393 e. The Morgan fingerprint density at radius 2 is 1.64 bits per heavy atom. The number of rotatable bonds is 3. The van der Waals surface area contributed by atoms with Crippen molar-refractivity contribution in [2.75, 3.05) is 13.1 Å². The lowest BCUT2D eigenvalue weighted by atomic mass is 9.41. The Morgan fingerprint density at radius 3 is 2.28 bits per heavy atom. The molecular weight excluding hydrogens is 507 g/mol. The Labute approximate surface area is 231 Å². The van der Waals surface area contributed by atoms with Gasteiger partial charge >= 0.3 is 6.18 Å². The molecule has 222 valence electrons. The predicted octanol–water partition coefficient (Wildman–Crippen LogP) is 5.57. The van der Waals surface area contributed by atoms with Gasteiger partial charge in [-0.05, 0) is 96.7 Å². The van der Waals surface area contributed by atoms with Gasteiger partial charge in [0.15, 0.2) is 0 Å². The molecule has 0 bridgehead atoms. The third-order valence-corrected chi connectivity index (χ3v) is 14.1. The minimum atomic E-state index is -4.46. The van der Waals surface area contributed by atoms with Crippen LogP contribution in [0.1, 0.15) is 92.9 Å². The van der Waals surface area contributed by atoms with Crippen molar-refractivity contribution in [2.24, 2.45) is 50.7 Å². The fourth-order valence-corrected chi connectivity index (χ4v) is 12.3. The van der Waals surface area contributed by atoms with E-state index < -0.39 is 36.9 Å². The van der Waals surface area contributed by atoms with Crippen molar-refractivity contribution in [1.82, 2.24) is 4.90 Å². The van der Waals surface area contributed by atoms with Crippen LogP contribution in [0.15, 0.2) is 0 Å². The molecule has 5 nitrogen and oxygen atoms in total. The number of amides is 1. The summed E-state index contributed by atoms with van der Waals surface area (Å²) in [6.07, 6.45) is 1.66. The molecule has 0 aromatic rings. The monoisotopic (exact) mass is 555 g/mol. The minimum Gasteiger partial charge on any atom is -0.393 e. The van der Waals surface area contributed by atoms with Gasteiger partial charge in [0.25, 0.3) is 0 Å². The van der Waals surface area contributed by atoms with E-state index in [2.05, 4.69) is 34.6 Å². The molecule has 1 heterocycles. The quantitative estimate of drug-likeness (QED) is 0.478. The second-order valence-corrected chi connectivity index (χ2v) is 15.7. The summed E-state index contributed by atoms with van der Waals surface area (Å²) in [5.74, 6) is 0.585. The van der Waals surface area contributed by atoms with E-state index in [0.29, 0.717) is 18.3 Å². The molecular formula is C31H48F3NO4. The molecule has 12 atom stereocenters. The predicted molar refractivity (Wildman–Crippen MR) is 140 cm³/mol. The highest BCUT2D eigenvalue weighted by Gasteiger charge is 2.84. The van der Waals surface area contributed by atoms with E-state index in [9.17, 15) is 28.2 Å². The van der Waals surface area contributed by atoms with Gasteiger partial charge in [-0.3, -0.25) is 4.79 Å². The molecule has 6 aliphatic rings. The zero-order chi connectivity index (χ0) is 28.6. The van der Waals surface area contributed by atoms with Crippen molar-refractivity contribution in [3.63, 3.8) is 0 Å². The van der Waals surface area contributed by atoms with Gasteiger partial charge in [0.05, 0.1) is 24.4 Å². The second-order valence-electron chi connectivity index (χ2n) is 15.7. The summed E-state index contributed by atoms with van der Waals surface area (Å²) in [6, 6.07) is 0. The van der Waals surface area contributed by atoms with E-state index in [0.717, 1.165) is 43.4 Å². The highest BCUT2D eigenvalue weighted by Crippen LogP contribution is 2.89. The molecule has 39 heavy (non-hydrogen) atoms. The number of hydrogen-bond acceptors (Lipinski definition) is 4. The largest absolute Gasteiger partial charge is 0.406 e. The molecule has 6 fully saturated rings. The first-order chi connectivity index (χ1) is 17.9. The molecule has 8 heteroatoms. The number of nitrogens with zero attached hydrogens (tertiary/aromatic N) is 1. The van der Waals surface area contributed by atoms with Crippen LogP contribution in [0.3, 0.4) is 0 Å². The van der Waals surface area contributed by atoms with Gasteiger partial charge in [0.2, 0.25) is 5.91 Å². The van der Waals surface area contributed by atoms with Crippen molar-refractivity contribution in [3.05, 3.63) is 0 Å². The summed E-state index contributed by atoms with van der Waals surface area (Å²) < 4.78 is 46.1. The third kappa shape index (κ3) is 3.52. The maximum atomic E-state index is 13.2. The normalized spacial score (nSPS) is 53.5. The highest BCUT2D eigenvalue weighted by atomic mass is 19.4. The van der Waals surface area contributed by atoms with Crippen LogP contribution in [-0.4, -0.2) is 64.7 Å². The topological polar surface area (TPSA) is 70.0 Å². The molecule has 0 radical (unpaired) electrons. The summed E-state index contributed by atoms with van der Waals surface area (Å²) in [4.78, 5) is 12.9. The number of carbonyl (C=O) groups is 1. The Bertz CT molecular complexity index is 1030. The molecule has 5 saturated carbocycles. The van der Waals surface area contributed by atoms with Gasteiger partial charge < -0.3 is 19.8 Å². The van der Waals surface area contributed by atoms with Gasteiger partial charge in [0, 0.05) is 18.9 Å². The lowest BCUT2D eigenvalue weighted by molar-refractivity contribution is -0.183. The van der Waals surface area contributed by atoms with Crippen LogP contribution < -0.4 is 0 Å². The van der Waals surface area contributed by atoms with Gasteiger partial charge in [-0.25, -0.2) is 0 Å². The van der Waals surface area contributed by atoms with E-state index in [1.54, 1.807) is 0 Å². The number of hydrogen-bond donors (Lipinski definition) is 2. The first-order valence-electron chi connectivity index (χ1n) is 15.3. The first kappa shape index (κ1) is 28.3. The molecule has 1 aliphatic heterocycles. The fraction of sp³-hybridized carbons (Fsp3) is 0.968. The lowest BCUT2D eigenvalue weighted by Gasteiger charge is -2.63. The lowest BCUT2D eigenvalue weighted by Crippen LogP contribution is -2.59. The Hall–Kier alpha value is -0.860. The molecule has 5 aliphatic carbocycles. The van der Waals surface area contributed by atoms with Crippen molar-refractivity contribution < 1.29 is 32.9 Å². The van der Waals surface area contributed by atoms with E-state index in [1.807, 2.05) is 0 Å². The first-order valence-corrected chi connectivity index (χ1v) is 15.3. The molecule has 0 aromatic carbocycles. The SMILES string of the molecule is CC(=O)N(CC1CC(C)C2C(O1)C(O)C1(C)C3CCC4C(C)(C)C(O)CCC45CC35CCC21C)CC(F)(F)F. The number of alkyl halides is 3. The Kier molecular flexibility index (Phi) is 6.07. The van der Waals surface area contributed by atoms with E-state index in [-0.39, 0.29) is 51.6 Å². The summed E-state index contributed by atoms with van der Waals surface area (Å²) in [6.45, 7) is 11.1. The molecule has 2 N–H and O–H groups in total. The number of halogens is 3. The van der Waals surface area contributed by atoms with Crippen molar-refractivity contribution >= 4 is 5.91 Å². The molecule has 1 saturated heterocycles. The Morgan fingerprint density at radius 1 is 1.00 bits per heavy atom. The summed E-state index contributed by atoms with van der Waals surface area (Å²) >= 11 is 0. The van der Waals surface area contributed by atoms with Crippen LogP contribution in [0.4, 0.5) is 13.2 Å². The van der Waals surface area contributed by atoms with Gasteiger partial charge in [0.1, 0.15) is 6.54 Å². The van der Waals surface area contributed by atoms with Crippen LogP contribution in [0.2, 0.25) is 0 Å². The number of carbonyl (C=O) groups excluding carboxylic acids is 1. The summed E-state index contributed by atoms with van der Waals surface area (Å²) in [5, 5.41) is 23.1. The van der Waals surface area contributed by atoms with Crippen molar-refractivity contribution in [3.8, 4) is 0 Å². The summed E-state index contributed by atoms with van der Waals surface area (Å²) in [5.41, 5.74) is -0.100. The van der Waals surface area contributed by atoms with Crippen LogP contribution in [0.5, 0.6) is 0 Å². The number of aliphatic hydroxyl groups is 2. The van der Waals surface area contributed by atoms with Gasteiger partial charge in [-0.15, -0.1) is 0 Å². The highest BCUT2D eigenvalue weighted by molar-refractivity contribution is 5.73. The van der Waals surface area contributed by atoms with Crippen LogP contribution in [0.25, 0.3) is 0 Å². The number of aliphatic hydroxyl groups excluding tert-OH is 2. The zero-order valence-electron chi connectivity index (χ0n) is 24.5. The molecule has 12 unspecified atom stereocenters. The van der Waals surface area contributed by atoms with Crippen LogP contribution in [-0.2, 0) is 9.53 Å². The fourth-order valence-electron chi connectivity index (χ4n) is 12.3. The molecule has 1 amide bonds. The maximum absolute atomic E-state index is 13.2. The van der Waals surface area contributed by atoms with E-state index in [4.69, 9.17) is 4.74 Å². The van der Waals surface area contributed by atoms with Crippen molar-refractivity contribution in [2.45, 2.75) is 124 Å². The number of ether oxygens (including phenoxy) is 1. The van der Waals surface area contributed by atoms with Crippen LogP contribution in [0, 0.1) is 50.7 Å². The average Bonchev–Trinajstić information content (AvgIpc) is 3.45. The summed E-state index contributed by atoms with van der Waals surface area (Å²) in [7, 11) is 0. The molecule has 2 spiro atoms. The second kappa shape index (κ2) is 8.37. The number of fused-ring (bicyclic) bond motifs is 4. The van der Waals surface area contributed by atoms with Crippen molar-refractivity contribution in [1.29, 1.82) is 0 Å².